The van der Waals surface area contributed by atoms with Gasteiger partial charge in [-0.15, -0.1) is 0 Å². The van der Waals surface area contributed by atoms with Crippen LogP contribution in [-0.4, -0.2) is 38.2 Å². The molecule has 0 aliphatic heterocycles. The molecule has 1 N–H and O–H groups in total. The normalized spacial score (nSPS) is 11.0. The summed E-state index contributed by atoms with van der Waals surface area (Å²) >= 11 is 0. The smallest absolute Gasteiger partial charge is 0.273 e. The molecule has 8 nitrogen and oxygen atoms in total. The Morgan fingerprint density at radius 2 is 1.85 bits per heavy atom. The predicted molar refractivity (Wildman–Crippen MR) is 100 cm³/mol. The molecule has 9 heteroatoms. The Kier molecular flexibility index (Phi) is 7.30. The number of sulfone groups is 1. The Morgan fingerprint density at radius 3 is 2.56 bits per heavy atom. The number of hydrogen-bond acceptors (Lipinski definition) is 6. The fourth-order valence-electron chi connectivity index (χ4n) is 2.31. The maximum atomic E-state index is 12.0. The fourth-order valence-corrected chi connectivity index (χ4v) is 3.74. The van der Waals surface area contributed by atoms with Gasteiger partial charge in [0, 0.05) is 12.6 Å². The first-order valence-electron chi connectivity index (χ1n) is 8.24. The zero-order valence-corrected chi connectivity index (χ0v) is 15.4. The zero-order valence-electron chi connectivity index (χ0n) is 14.5. The predicted octanol–water partition coefficient (Wildman–Crippen LogP) is 2.09. The highest BCUT2D eigenvalue weighted by molar-refractivity contribution is 7.90. The Morgan fingerprint density at radius 1 is 1.11 bits per heavy atom. The second-order valence-electron chi connectivity index (χ2n) is 5.82. The highest BCUT2D eigenvalue weighted by Crippen LogP contribution is 2.18. The first-order chi connectivity index (χ1) is 12.9. The van der Waals surface area contributed by atoms with Gasteiger partial charge in [0.25, 0.3) is 11.6 Å². The van der Waals surface area contributed by atoms with Crippen LogP contribution in [0.15, 0.2) is 54.6 Å². The van der Waals surface area contributed by atoms with E-state index in [0.717, 1.165) is 5.56 Å². The van der Waals surface area contributed by atoms with Gasteiger partial charge in [0.15, 0.2) is 16.4 Å². The van der Waals surface area contributed by atoms with Crippen LogP contribution in [0.5, 0.6) is 5.75 Å². The van der Waals surface area contributed by atoms with Crippen molar-refractivity contribution in [1.82, 2.24) is 5.32 Å². The van der Waals surface area contributed by atoms with Crippen molar-refractivity contribution in [1.29, 1.82) is 0 Å². The lowest BCUT2D eigenvalue weighted by Gasteiger charge is -2.08. The SMILES string of the molecule is O=C(COc1cccc([N+](=O)[O-])c1)NCCCS(=O)(=O)Cc1ccccc1. The molecule has 0 fully saturated rings. The van der Waals surface area contributed by atoms with Crippen LogP contribution in [0.3, 0.4) is 0 Å². The van der Waals surface area contributed by atoms with Gasteiger partial charge < -0.3 is 10.1 Å². The van der Waals surface area contributed by atoms with Crippen LogP contribution in [-0.2, 0) is 20.4 Å². The minimum absolute atomic E-state index is 0.0301. The summed E-state index contributed by atoms with van der Waals surface area (Å²) in [4.78, 5) is 21.9. The molecule has 2 aromatic rings. The van der Waals surface area contributed by atoms with Crippen LogP contribution in [0.2, 0.25) is 0 Å². The van der Waals surface area contributed by atoms with Gasteiger partial charge in [0.2, 0.25) is 0 Å². The van der Waals surface area contributed by atoms with Crippen LogP contribution >= 0.6 is 0 Å². The molecule has 1 amide bonds. The molecule has 2 rings (SSSR count). The van der Waals surface area contributed by atoms with E-state index in [1.54, 1.807) is 24.3 Å². The number of benzene rings is 2. The lowest BCUT2D eigenvalue weighted by molar-refractivity contribution is -0.384. The Labute approximate surface area is 157 Å². The lowest BCUT2D eigenvalue weighted by atomic mass is 10.2. The van der Waals surface area contributed by atoms with E-state index in [4.69, 9.17) is 4.74 Å². The van der Waals surface area contributed by atoms with Crippen LogP contribution < -0.4 is 10.1 Å². The number of nitro groups is 1. The van der Waals surface area contributed by atoms with E-state index in [-0.39, 0.29) is 42.5 Å². The third-order valence-corrected chi connectivity index (χ3v) is 5.27. The van der Waals surface area contributed by atoms with Gasteiger partial charge in [-0.2, -0.15) is 0 Å². The summed E-state index contributed by atoms with van der Waals surface area (Å²) in [5.74, 6) is -0.280. The number of ether oxygens (including phenoxy) is 1. The molecule has 0 radical (unpaired) electrons. The maximum absolute atomic E-state index is 12.0. The lowest BCUT2D eigenvalue weighted by Crippen LogP contribution is -2.30. The van der Waals surface area contributed by atoms with E-state index in [9.17, 15) is 23.3 Å². The van der Waals surface area contributed by atoms with Crippen molar-refractivity contribution in [2.24, 2.45) is 0 Å². The number of carbonyl (C=O) groups excluding carboxylic acids is 1. The molecule has 0 heterocycles. The van der Waals surface area contributed by atoms with Crippen molar-refractivity contribution in [2.45, 2.75) is 12.2 Å². The summed E-state index contributed by atoms with van der Waals surface area (Å²) in [5.41, 5.74) is 0.600. The molecule has 144 valence electrons. The number of rotatable bonds is 10. The molecule has 0 spiro atoms. The number of nitrogens with zero attached hydrogens (tertiary/aromatic N) is 1. The summed E-state index contributed by atoms with van der Waals surface area (Å²) in [6.45, 7) is -0.108. The summed E-state index contributed by atoms with van der Waals surface area (Å²) in [5, 5.41) is 13.2. The summed E-state index contributed by atoms with van der Waals surface area (Å²) in [6.07, 6.45) is 0.289. The highest BCUT2D eigenvalue weighted by Gasteiger charge is 2.12. The van der Waals surface area contributed by atoms with Crippen molar-refractivity contribution < 1.29 is 22.9 Å². The number of amides is 1. The van der Waals surface area contributed by atoms with E-state index in [2.05, 4.69) is 5.32 Å². The molecule has 0 atom stereocenters. The fraction of sp³-hybridized carbons (Fsp3) is 0.278. The molecule has 0 bridgehead atoms. The number of hydrogen-bond donors (Lipinski definition) is 1. The first kappa shape index (κ1) is 20.4. The van der Waals surface area contributed by atoms with E-state index >= 15 is 0 Å². The van der Waals surface area contributed by atoms with E-state index in [0.29, 0.717) is 0 Å². The topological polar surface area (TPSA) is 116 Å². The summed E-state index contributed by atoms with van der Waals surface area (Å²) in [6, 6.07) is 14.4. The Bertz CT molecular complexity index is 884. The molecule has 0 saturated heterocycles. The zero-order chi connectivity index (χ0) is 19.7. The van der Waals surface area contributed by atoms with Crippen LogP contribution in [0.1, 0.15) is 12.0 Å². The molecule has 0 saturated carbocycles. The molecule has 27 heavy (non-hydrogen) atoms. The van der Waals surface area contributed by atoms with Crippen LogP contribution in [0.25, 0.3) is 0 Å². The molecule has 0 aliphatic rings. The average molecular weight is 392 g/mol. The van der Waals surface area contributed by atoms with Crippen molar-refractivity contribution in [3.05, 3.63) is 70.3 Å². The summed E-state index contributed by atoms with van der Waals surface area (Å²) in [7, 11) is -3.25. The van der Waals surface area contributed by atoms with Crippen molar-refractivity contribution in [3.8, 4) is 5.75 Å². The second kappa shape index (κ2) is 9.67. The minimum Gasteiger partial charge on any atom is -0.484 e. The number of carbonyl (C=O) groups is 1. The Balaban J connectivity index is 1.68. The molecular formula is C18H20N2O6S. The van der Waals surface area contributed by atoms with Gasteiger partial charge in [0.1, 0.15) is 5.75 Å². The average Bonchev–Trinajstić information content (AvgIpc) is 2.64. The third-order valence-electron chi connectivity index (χ3n) is 3.58. The maximum Gasteiger partial charge on any atom is 0.273 e. The third kappa shape index (κ3) is 7.45. The minimum atomic E-state index is -3.25. The van der Waals surface area contributed by atoms with Gasteiger partial charge in [0.05, 0.1) is 22.5 Å². The summed E-state index contributed by atoms with van der Waals surface area (Å²) < 4.78 is 29.3. The molecule has 0 unspecified atom stereocenters. The van der Waals surface area contributed by atoms with Crippen LogP contribution in [0.4, 0.5) is 5.69 Å². The standard InChI is InChI=1S/C18H20N2O6S/c21-18(13-26-17-9-4-8-16(12-17)20(22)23)19-10-5-11-27(24,25)14-15-6-2-1-3-7-15/h1-4,6-9,12H,5,10-11,13-14H2,(H,19,21). The Hall–Kier alpha value is -2.94. The van der Waals surface area contributed by atoms with Gasteiger partial charge in [-0.3, -0.25) is 14.9 Å². The monoisotopic (exact) mass is 392 g/mol. The second-order valence-corrected chi connectivity index (χ2v) is 8.01. The highest BCUT2D eigenvalue weighted by atomic mass is 32.2. The van der Waals surface area contributed by atoms with Crippen molar-refractivity contribution >= 4 is 21.4 Å². The van der Waals surface area contributed by atoms with Gasteiger partial charge in [-0.05, 0) is 18.1 Å². The van der Waals surface area contributed by atoms with Crippen molar-refractivity contribution in [3.63, 3.8) is 0 Å². The van der Waals surface area contributed by atoms with Gasteiger partial charge >= 0.3 is 0 Å². The number of non-ortho nitro benzene ring substituents is 1. The van der Waals surface area contributed by atoms with E-state index < -0.39 is 20.7 Å². The molecule has 0 aromatic heterocycles. The van der Waals surface area contributed by atoms with Gasteiger partial charge in [-0.25, -0.2) is 8.42 Å². The van der Waals surface area contributed by atoms with Gasteiger partial charge in [-0.1, -0.05) is 36.4 Å². The van der Waals surface area contributed by atoms with E-state index in [1.165, 1.54) is 24.3 Å². The molecule has 0 aliphatic carbocycles. The van der Waals surface area contributed by atoms with Crippen LogP contribution in [0, 0.1) is 10.1 Å². The largest absolute Gasteiger partial charge is 0.484 e. The molecule has 2 aromatic carbocycles. The van der Waals surface area contributed by atoms with E-state index in [1.807, 2.05) is 6.07 Å². The number of nitro benzene ring substituents is 1. The first-order valence-corrected chi connectivity index (χ1v) is 10.1. The van der Waals surface area contributed by atoms with Crippen molar-refractivity contribution in [2.75, 3.05) is 18.9 Å². The quantitative estimate of drug-likeness (QED) is 0.376. The number of nitrogens with one attached hydrogen (secondary N) is 1. The molecular weight excluding hydrogens is 372 g/mol.